The largest absolute Gasteiger partial charge is 0.490 e. The second kappa shape index (κ2) is 7.01. The van der Waals surface area contributed by atoms with Gasteiger partial charge in [0.05, 0.1) is 18.0 Å². The molecule has 1 saturated carbocycles. The van der Waals surface area contributed by atoms with Crippen LogP contribution in [-0.4, -0.2) is 12.6 Å². The molecule has 1 aliphatic rings. The molecule has 1 aliphatic carbocycles. The molecule has 3 atom stereocenters. The molecule has 118 valence electrons. The third-order valence-corrected chi connectivity index (χ3v) is 4.61. The van der Waals surface area contributed by atoms with Crippen molar-refractivity contribution >= 4 is 11.4 Å². The summed E-state index contributed by atoms with van der Waals surface area (Å²) in [5.41, 5.74) is 7.19. The Bertz CT molecular complexity index is 478. The third kappa shape index (κ3) is 3.80. The fourth-order valence-corrected chi connectivity index (χ4v) is 3.00. The lowest BCUT2D eigenvalue weighted by Crippen LogP contribution is -2.35. The molecule has 0 aliphatic heterocycles. The Balaban J connectivity index is 2.15. The van der Waals surface area contributed by atoms with Crippen LogP contribution >= 0.6 is 0 Å². The molecule has 2 rings (SSSR count). The molecule has 0 radical (unpaired) electrons. The average Bonchev–Trinajstić information content (AvgIpc) is 2.45. The molecule has 0 aromatic heterocycles. The second-order valence-electron chi connectivity index (χ2n) is 6.24. The molecule has 0 spiro atoms. The van der Waals surface area contributed by atoms with E-state index in [0.29, 0.717) is 30.2 Å². The van der Waals surface area contributed by atoms with Crippen LogP contribution in [0.25, 0.3) is 0 Å². The van der Waals surface area contributed by atoms with Gasteiger partial charge in [-0.3, -0.25) is 0 Å². The van der Waals surface area contributed by atoms with Crippen molar-refractivity contribution in [3.05, 3.63) is 17.9 Å². The lowest BCUT2D eigenvalue weighted by molar-refractivity contribution is 0.253. The third-order valence-electron chi connectivity index (χ3n) is 4.61. The first-order chi connectivity index (χ1) is 10.0. The molecule has 4 heteroatoms. The molecule has 3 nitrogen and oxygen atoms in total. The predicted molar refractivity (Wildman–Crippen MR) is 86.2 cm³/mol. The molecule has 0 heterocycles. The maximum absolute atomic E-state index is 13.8. The summed E-state index contributed by atoms with van der Waals surface area (Å²) < 4.78 is 19.3. The Morgan fingerprint density at radius 3 is 2.81 bits per heavy atom. The minimum Gasteiger partial charge on any atom is -0.490 e. The van der Waals surface area contributed by atoms with Crippen molar-refractivity contribution < 1.29 is 9.13 Å². The standard InChI is InChI=1S/C17H27FN2O/c1-4-8-21-17-10-16(14(19)9-13(17)18)20-15-7-5-6-11(2)12(15)3/h9-12,15,20H,4-8,19H2,1-3H3. The number of hydrogen-bond donors (Lipinski definition) is 2. The van der Waals surface area contributed by atoms with Crippen molar-refractivity contribution in [2.45, 2.75) is 52.5 Å². The summed E-state index contributed by atoms with van der Waals surface area (Å²) in [4.78, 5) is 0. The van der Waals surface area contributed by atoms with Crippen LogP contribution in [0.3, 0.4) is 0 Å². The lowest BCUT2D eigenvalue weighted by atomic mass is 9.78. The maximum atomic E-state index is 13.8. The SMILES string of the molecule is CCCOc1cc(NC2CCCC(C)C2C)c(N)cc1F. The topological polar surface area (TPSA) is 47.3 Å². The second-order valence-corrected chi connectivity index (χ2v) is 6.24. The van der Waals surface area contributed by atoms with Crippen LogP contribution in [-0.2, 0) is 0 Å². The molecule has 1 fully saturated rings. The van der Waals surface area contributed by atoms with Gasteiger partial charge in [-0.15, -0.1) is 0 Å². The first-order valence-corrected chi connectivity index (χ1v) is 8.01. The molecule has 1 aromatic carbocycles. The highest BCUT2D eigenvalue weighted by Gasteiger charge is 2.27. The van der Waals surface area contributed by atoms with E-state index in [2.05, 4.69) is 19.2 Å². The number of nitrogen functional groups attached to an aromatic ring is 1. The van der Waals surface area contributed by atoms with Gasteiger partial charge in [-0.2, -0.15) is 0 Å². The highest BCUT2D eigenvalue weighted by atomic mass is 19.1. The summed E-state index contributed by atoms with van der Waals surface area (Å²) in [6.07, 6.45) is 4.49. The van der Waals surface area contributed by atoms with E-state index in [1.807, 2.05) is 6.92 Å². The van der Waals surface area contributed by atoms with Gasteiger partial charge in [0.1, 0.15) is 0 Å². The van der Waals surface area contributed by atoms with Gasteiger partial charge in [0, 0.05) is 18.2 Å². The Hall–Kier alpha value is -1.45. The zero-order valence-corrected chi connectivity index (χ0v) is 13.3. The van der Waals surface area contributed by atoms with Crippen molar-refractivity contribution in [2.75, 3.05) is 17.7 Å². The Morgan fingerprint density at radius 2 is 2.10 bits per heavy atom. The number of anilines is 2. The van der Waals surface area contributed by atoms with Gasteiger partial charge < -0.3 is 15.8 Å². The quantitative estimate of drug-likeness (QED) is 0.790. The van der Waals surface area contributed by atoms with E-state index in [-0.39, 0.29) is 5.75 Å². The normalized spacial score (nSPS) is 25.6. The summed E-state index contributed by atoms with van der Waals surface area (Å²) in [6.45, 7) is 7.08. The van der Waals surface area contributed by atoms with Gasteiger partial charge in [0.2, 0.25) is 0 Å². The fraction of sp³-hybridized carbons (Fsp3) is 0.647. The zero-order chi connectivity index (χ0) is 15.4. The van der Waals surface area contributed by atoms with Crippen LogP contribution in [0.4, 0.5) is 15.8 Å². The van der Waals surface area contributed by atoms with E-state index in [1.165, 1.54) is 18.9 Å². The number of nitrogens with one attached hydrogen (secondary N) is 1. The summed E-state index contributed by atoms with van der Waals surface area (Å²) >= 11 is 0. The van der Waals surface area contributed by atoms with Crippen molar-refractivity contribution in [1.82, 2.24) is 0 Å². The Kier molecular flexibility index (Phi) is 5.32. The summed E-state index contributed by atoms with van der Waals surface area (Å²) in [7, 11) is 0. The smallest absolute Gasteiger partial charge is 0.167 e. The van der Waals surface area contributed by atoms with E-state index >= 15 is 0 Å². The average molecular weight is 294 g/mol. The van der Waals surface area contributed by atoms with Crippen LogP contribution in [0.2, 0.25) is 0 Å². The van der Waals surface area contributed by atoms with Crippen LogP contribution < -0.4 is 15.8 Å². The molecule has 0 amide bonds. The van der Waals surface area contributed by atoms with Gasteiger partial charge in [0.25, 0.3) is 0 Å². The minimum absolute atomic E-state index is 0.282. The molecule has 0 bridgehead atoms. The number of rotatable bonds is 5. The monoisotopic (exact) mass is 294 g/mol. The summed E-state index contributed by atoms with van der Waals surface area (Å²) in [5.74, 6) is 1.18. The van der Waals surface area contributed by atoms with Crippen molar-refractivity contribution in [3.8, 4) is 5.75 Å². The van der Waals surface area contributed by atoms with Crippen molar-refractivity contribution in [1.29, 1.82) is 0 Å². The Labute approximate surface area is 127 Å². The predicted octanol–water partition coefficient (Wildman–Crippen LogP) is 4.43. The minimum atomic E-state index is -0.392. The molecule has 3 N–H and O–H groups in total. The van der Waals surface area contributed by atoms with Gasteiger partial charge in [0.15, 0.2) is 11.6 Å². The highest BCUT2D eigenvalue weighted by Crippen LogP contribution is 2.34. The van der Waals surface area contributed by atoms with Gasteiger partial charge in [-0.05, 0) is 24.7 Å². The summed E-state index contributed by atoms with van der Waals surface area (Å²) in [5, 5.41) is 3.50. The van der Waals surface area contributed by atoms with E-state index in [0.717, 1.165) is 18.5 Å². The fourth-order valence-electron chi connectivity index (χ4n) is 3.00. The van der Waals surface area contributed by atoms with Gasteiger partial charge in [-0.1, -0.05) is 33.6 Å². The van der Waals surface area contributed by atoms with E-state index in [9.17, 15) is 4.39 Å². The lowest BCUT2D eigenvalue weighted by Gasteiger charge is -2.35. The number of ether oxygens (including phenoxy) is 1. The molecule has 3 unspecified atom stereocenters. The molecule has 0 saturated heterocycles. The van der Waals surface area contributed by atoms with E-state index in [4.69, 9.17) is 10.5 Å². The summed E-state index contributed by atoms with van der Waals surface area (Å²) in [6, 6.07) is 3.44. The number of halogens is 1. The highest BCUT2D eigenvalue weighted by molar-refractivity contribution is 5.69. The number of benzene rings is 1. The van der Waals surface area contributed by atoms with Crippen molar-refractivity contribution in [3.63, 3.8) is 0 Å². The van der Waals surface area contributed by atoms with Crippen molar-refractivity contribution in [2.24, 2.45) is 11.8 Å². The first-order valence-electron chi connectivity index (χ1n) is 8.01. The van der Waals surface area contributed by atoms with Gasteiger partial charge >= 0.3 is 0 Å². The molecular weight excluding hydrogens is 267 g/mol. The van der Waals surface area contributed by atoms with Crippen LogP contribution in [0, 0.1) is 17.7 Å². The molecule has 1 aromatic rings. The maximum Gasteiger partial charge on any atom is 0.167 e. The molecular formula is C17H27FN2O. The van der Waals surface area contributed by atoms with Crippen LogP contribution in [0.15, 0.2) is 12.1 Å². The van der Waals surface area contributed by atoms with E-state index < -0.39 is 5.82 Å². The Morgan fingerprint density at radius 1 is 1.33 bits per heavy atom. The first kappa shape index (κ1) is 15.9. The molecule has 21 heavy (non-hydrogen) atoms. The van der Waals surface area contributed by atoms with Gasteiger partial charge in [-0.25, -0.2) is 4.39 Å². The van der Waals surface area contributed by atoms with Crippen LogP contribution in [0.5, 0.6) is 5.75 Å². The van der Waals surface area contributed by atoms with Crippen LogP contribution in [0.1, 0.15) is 46.5 Å². The van der Waals surface area contributed by atoms with E-state index in [1.54, 1.807) is 6.07 Å². The zero-order valence-electron chi connectivity index (χ0n) is 13.3. The number of hydrogen-bond acceptors (Lipinski definition) is 3. The number of nitrogens with two attached hydrogens (primary N) is 1.